The van der Waals surface area contributed by atoms with E-state index in [9.17, 15) is 4.79 Å². The predicted molar refractivity (Wildman–Crippen MR) is 112 cm³/mol. The van der Waals surface area contributed by atoms with Crippen LogP contribution >= 0.6 is 11.6 Å². The van der Waals surface area contributed by atoms with Crippen molar-refractivity contribution in [3.8, 4) is 0 Å². The summed E-state index contributed by atoms with van der Waals surface area (Å²) in [5.41, 5.74) is 4.05. The van der Waals surface area contributed by atoms with Gasteiger partial charge in [-0.15, -0.1) is 0 Å². The first kappa shape index (κ1) is 18.9. The van der Waals surface area contributed by atoms with Gasteiger partial charge in [0.1, 0.15) is 5.52 Å². The second-order valence-electron chi connectivity index (χ2n) is 7.82. The summed E-state index contributed by atoms with van der Waals surface area (Å²) in [6.45, 7) is 2.04. The first-order chi connectivity index (χ1) is 13.5. The van der Waals surface area contributed by atoms with Gasteiger partial charge in [-0.1, -0.05) is 18.5 Å². The summed E-state index contributed by atoms with van der Waals surface area (Å²) >= 11 is 5.91. The number of imidazole rings is 1. The smallest absolute Gasteiger partial charge is 0.227 e. The molecule has 5 nitrogen and oxygen atoms in total. The highest BCUT2D eigenvalue weighted by Gasteiger charge is 2.30. The number of carbonyl (C=O) groups is 1. The van der Waals surface area contributed by atoms with Gasteiger partial charge in [0.2, 0.25) is 5.91 Å². The number of aryl methyl sites for hydroxylation is 1. The molecule has 1 amide bonds. The molecule has 1 aliphatic carbocycles. The lowest BCUT2D eigenvalue weighted by Crippen LogP contribution is -2.29. The number of aromatic nitrogens is 3. The number of pyridine rings is 1. The van der Waals surface area contributed by atoms with Crippen molar-refractivity contribution in [1.29, 1.82) is 0 Å². The summed E-state index contributed by atoms with van der Waals surface area (Å²) in [5.74, 6) is 0.971. The number of halogens is 1. The number of fused-ring (bicyclic) bond motifs is 1. The Balaban J connectivity index is 1.39. The van der Waals surface area contributed by atoms with Crippen LogP contribution in [0.4, 0.5) is 5.69 Å². The van der Waals surface area contributed by atoms with Gasteiger partial charge >= 0.3 is 0 Å². The van der Waals surface area contributed by atoms with Gasteiger partial charge in [-0.25, -0.2) is 9.97 Å². The van der Waals surface area contributed by atoms with E-state index in [2.05, 4.69) is 21.4 Å². The molecule has 1 aromatic carbocycles. The molecule has 1 N–H and O–H groups in total. The zero-order valence-electron chi connectivity index (χ0n) is 16.2. The van der Waals surface area contributed by atoms with Crippen LogP contribution in [0.15, 0.2) is 42.9 Å². The highest BCUT2D eigenvalue weighted by Crippen LogP contribution is 2.40. The summed E-state index contributed by atoms with van der Waals surface area (Å²) < 4.78 is 1.97. The number of anilines is 1. The highest BCUT2D eigenvalue weighted by atomic mass is 35.5. The van der Waals surface area contributed by atoms with Gasteiger partial charge in [0.15, 0.2) is 5.65 Å². The van der Waals surface area contributed by atoms with E-state index < -0.39 is 0 Å². The van der Waals surface area contributed by atoms with Crippen molar-refractivity contribution in [1.82, 2.24) is 14.5 Å². The minimum Gasteiger partial charge on any atom is -0.326 e. The predicted octanol–water partition coefficient (Wildman–Crippen LogP) is 5.17. The van der Waals surface area contributed by atoms with Gasteiger partial charge in [-0.3, -0.25) is 4.79 Å². The first-order valence-electron chi connectivity index (χ1n) is 9.85. The fourth-order valence-electron chi connectivity index (χ4n) is 4.31. The van der Waals surface area contributed by atoms with Gasteiger partial charge in [0.25, 0.3) is 0 Å². The van der Waals surface area contributed by atoms with Crippen LogP contribution in [0, 0.1) is 11.8 Å². The maximum Gasteiger partial charge on any atom is 0.227 e. The van der Waals surface area contributed by atoms with Crippen molar-refractivity contribution in [3.05, 3.63) is 53.4 Å². The Hall–Kier alpha value is -2.40. The number of benzene rings is 1. The molecule has 1 fully saturated rings. The van der Waals surface area contributed by atoms with E-state index in [0.717, 1.165) is 42.5 Å². The van der Waals surface area contributed by atoms with Crippen molar-refractivity contribution in [2.75, 3.05) is 5.32 Å². The monoisotopic (exact) mass is 396 g/mol. The number of hydrogen-bond donors (Lipinski definition) is 1. The summed E-state index contributed by atoms with van der Waals surface area (Å²) in [7, 11) is 1.98. The number of nitrogens with zero attached hydrogens (tertiary/aromatic N) is 3. The van der Waals surface area contributed by atoms with E-state index in [-0.39, 0.29) is 11.8 Å². The molecule has 0 spiro atoms. The van der Waals surface area contributed by atoms with Crippen LogP contribution < -0.4 is 5.32 Å². The van der Waals surface area contributed by atoms with Gasteiger partial charge in [0.05, 0.1) is 6.33 Å². The van der Waals surface area contributed by atoms with Gasteiger partial charge in [0, 0.05) is 29.9 Å². The molecule has 1 saturated carbocycles. The van der Waals surface area contributed by atoms with Crippen molar-refractivity contribution in [3.63, 3.8) is 0 Å². The Morgan fingerprint density at radius 2 is 1.86 bits per heavy atom. The Kier molecular flexibility index (Phi) is 5.36. The fourth-order valence-corrected chi connectivity index (χ4v) is 4.44. The molecule has 1 atom stereocenters. The molecule has 0 radical (unpaired) electrons. The van der Waals surface area contributed by atoms with E-state index in [1.165, 1.54) is 5.56 Å². The molecule has 0 bridgehead atoms. The second kappa shape index (κ2) is 7.92. The summed E-state index contributed by atoms with van der Waals surface area (Å²) in [4.78, 5) is 21.7. The molecule has 146 valence electrons. The van der Waals surface area contributed by atoms with Crippen LogP contribution in [0.2, 0.25) is 5.02 Å². The first-order valence-corrected chi connectivity index (χ1v) is 10.2. The highest BCUT2D eigenvalue weighted by molar-refractivity contribution is 6.30. The lowest BCUT2D eigenvalue weighted by molar-refractivity contribution is -0.121. The Bertz CT molecular complexity index is 974. The Labute approximate surface area is 170 Å². The van der Waals surface area contributed by atoms with Crippen LogP contribution in [0.3, 0.4) is 0 Å². The van der Waals surface area contributed by atoms with E-state index in [1.54, 1.807) is 12.1 Å². The molecule has 2 aromatic heterocycles. The maximum atomic E-state index is 12.7. The van der Waals surface area contributed by atoms with Crippen LogP contribution in [-0.2, 0) is 11.8 Å². The molecule has 0 aliphatic heterocycles. The van der Waals surface area contributed by atoms with Crippen molar-refractivity contribution < 1.29 is 4.79 Å². The molecule has 3 aromatic rings. The minimum atomic E-state index is -0.0102. The second-order valence-corrected chi connectivity index (χ2v) is 8.26. The number of hydrogen-bond acceptors (Lipinski definition) is 3. The van der Waals surface area contributed by atoms with Crippen LogP contribution in [0.5, 0.6) is 0 Å². The minimum absolute atomic E-state index is 0.0102. The van der Waals surface area contributed by atoms with Crippen LogP contribution in [-0.4, -0.2) is 20.4 Å². The summed E-state index contributed by atoms with van der Waals surface area (Å²) in [6, 6.07) is 9.37. The lowest BCUT2D eigenvalue weighted by atomic mass is 9.74. The average molecular weight is 397 g/mol. The molecular weight excluding hydrogens is 372 g/mol. The number of rotatable bonds is 4. The maximum absolute atomic E-state index is 12.7. The Morgan fingerprint density at radius 1 is 1.14 bits per heavy atom. The molecule has 1 unspecified atom stereocenters. The number of nitrogens with one attached hydrogen (secondary N) is 1. The molecule has 0 saturated heterocycles. The normalized spacial score (nSPS) is 20.8. The van der Waals surface area contributed by atoms with E-state index in [0.29, 0.717) is 16.9 Å². The molecule has 28 heavy (non-hydrogen) atoms. The summed E-state index contributed by atoms with van der Waals surface area (Å²) in [5, 5.41) is 3.69. The van der Waals surface area contributed by atoms with Gasteiger partial charge in [-0.05, 0) is 73.4 Å². The zero-order chi connectivity index (χ0) is 19.7. The standard InChI is InChI=1S/C22H25ClN4O/c1-14(22(28)26-18-9-7-17(23)8-10-18)15-3-5-16(6-4-15)19-11-12-24-21-20(19)25-13-27(21)2/h7-16H,3-6H2,1-2H3,(H,26,28). The van der Waals surface area contributed by atoms with Crippen LogP contribution in [0.1, 0.15) is 44.1 Å². The molecule has 2 heterocycles. The summed E-state index contributed by atoms with van der Waals surface area (Å²) in [6.07, 6.45) is 7.98. The zero-order valence-corrected chi connectivity index (χ0v) is 17.0. The molecule has 4 rings (SSSR count). The Morgan fingerprint density at radius 3 is 2.57 bits per heavy atom. The van der Waals surface area contributed by atoms with Gasteiger partial charge in [-0.2, -0.15) is 0 Å². The molecular formula is C22H25ClN4O. The third kappa shape index (κ3) is 3.76. The molecule has 6 heteroatoms. The molecule has 1 aliphatic rings. The quantitative estimate of drug-likeness (QED) is 0.661. The van der Waals surface area contributed by atoms with E-state index >= 15 is 0 Å². The SMILES string of the molecule is CC(C(=O)Nc1ccc(Cl)cc1)C1CCC(c2ccnc3c2ncn3C)CC1. The topological polar surface area (TPSA) is 59.8 Å². The van der Waals surface area contributed by atoms with Gasteiger partial charge < -0.3 is 9.88 Å². The largest absolute Gasteiger partial charge is 0.326 e. The van der Waals surface area contributed by atoms with Crippen molar-refractivity contribution in [2.45, 2.75) is 38.5 Å². The lowest BCUT2D eigenvalue weighted by Gasteiger charge is -2.32. The fraction of sp³-hybridized carbons (Fsp3) is 0.409. The van der Waals surface area contributed by atoms with Crippen molar-refractivity contribution in [2.24, 2.45) is 18.9 Å². The number of amides is 1. The van der Waals surface area contributed by atoms with Crippen molar-refractivity contribution >= 4 is 34.4 Å². The van der Waals surface area contributed by atoms with E-state index in [4.69, 9.17) is 11.6 Å². The van der Waals surface area contributed by atoms with Crippen LogP contribution in [0.25, 0.3) is 11.2 Å². The number of carbonyl (C=O) groups excluding carboxylic acids is 1. The third-order valence-corrected chi connectivity index (χ3v) is 6.33. The average Bonchev–Trinajstić information content (AvgIpc) is 3.10. The third-order valence-electron chi connectivity index (χ3n) is 6.07. The van der Waals surface area contributed by atoms with E-state index in [1.807, 2.05) is 43.2 Å².